The van der Waals surface area contributed by atoms with E-state index in [-0.39, 0.29) is 10.3 Å². The molecule has 1 N–H and O–H groups in total. The molecule has 2 rings (SSSR count). The summed E-state index contributed by atoms with van der Waals surface area (Å²) in [6.45, 7) is 11.3. The zero-order chi connectivity index (χ0) is 21.1. The summed E-state index contributed by atoms with van der Waals surface area (Å²) in [7, 11) is -1.52. The molecule has 0 aliphatic rings. The average molecular weight is 402 g/mol. The van der Waals surface area contributed by atoms with Gasteiger partial charge < -0.3 is 10.2 Å². The first-order valence-corrected chi connectivity index (χ1v) is 11.3. The van der Waals surface area contributed by atoms with Crippen molar-refractivity contribution in [2.45, 2.75) is 44.9 Å². The van der Waals surface area contributed by atoms with Gasteiger partial charge >= 0.3 is 0 Å². The SMILES string of the molecule is CCN(C)/C=N\c1cc(C)c(Nc2ccc(C(C)(C)C)cc2)cc1S(C)(=O)=O. The molecule has 0 heterocycles. The van der Waals surface area contributed by atoms with Crippen molar-refractivity contribution in [2.75, 3.05) is 25.2 Å². The van der Waals surface area contributed by atoms with Crippen molar-refractivity contribution in [1.82, 2.24) is 4.90 Å². The Labute approximate surface area is 169 Å². The lowest BCUT2D eigenvalue weighted by Gasteiger charge is -2.20. The highest BCUT2D eigenvalue weighted by molar-refractivity contribution is 7.90. The molecule has 0 radical (unpaired) electrons. The minimum atomic E-state index is -3.42. The summed E-state index contributed by atoms with van der Waals surface area (Å²) >= 11 is 0. The molecule has 0 saturated carbocycles. The molecule has 0 spiro atoms. The van der Waals surface area contributed by atoms with Crippen LogP contribution < -0.4 is 5.32 Å². The fourth-order valence-electron chi connectivity index (χ4n) is 2.66. The lowest BCUT2D eigenvalue weighted by Crippen LogP contribution is -2.14. The number of nitrogens with zero attached hydrogens (tertiary/aromatic N) is 2. The van der Waals surface area contributed by atoms with Crippen molar-refractivity contribution >= 4 is 33.2 Å². The Kier molecular flexibility index (Phi) is 6.55. The van der Waals surface area contributed by atoms with E-state index in [4.69, 9.17) is 0 Å². The highest BCUT2D eigenvalue weighted by Gasteiger charge is 2.17. The second kappa shape index (κ2) is 8.35. The van der Waals surface area contributed by atoms with E-state index in [0.29, 0.717) is 5.69 Å². The van der Waals surface area contributed by atoms with Crippen molar-refractivity contribution in [3.05, 3.63) is 47.5 Å². The number of sulfone groups is 1. The van der Waals surface area contributed by atoms with Crippen LogP contribution in [0.4, 0.5) is 17.1 Å². The van der Waals surface area contributed by atoms with E-state index in [0.717, 1.165) is 23.5 Å². The van der Waals surface area contributed by atoms with Gasteiger partial charge in [0.15, 0.2) is 9.84 Å². The van der Waals surface area contributed by atoms with E-state index in [1.807, 2.05) is 44.0 Å². The predicted octanol–water partition coefficient (Wildman–Crippen LogP) is 5.05. The Morgan fingerprint density at radius 2 is 1.75 bits per heavy atom. The lowest BCUT2D eigenvalue weighted by atomic mass is 9.87. The molecule has 2 aromatic carbocycles. The first kappa shape index (κ1) is 22.0. The van der Waals surface area contributed by atoms with Crippen LogP contribution in [0.25, 0.3) is 0 Å². The molecular weight excluding hydrogens is 370 g/mol. The van der Waals surface area contributed by atoms with Gasteiger partial charge in [0.05, 0.1) is 16.9 Å². The molecule has 5 nitrogen and oxygen atoms in total. The van der Waals surface area contributed by atoms with Gasteiger partial charge in [-0.3, -0.25) is 0 Å². The molecule has 152 valence electrons. The minimum Gasteiger partial charge on any atom is -0.366 e. The zero-order valence-electron chi connectivity index (χ0n) is 17.9. The second-order valence-electron chi connectivity index (χ2n) is 8.18. The molecule has 2 aromatic rings. The van der Waals surface area contributed by atoms with Gasteiger partial charge in [-0.15, -0.1) is 0 Å². The molecular formula is C22H31N3O2S. The molecule has 0 saturated heterocycles. The highest BCUT2D eigenvalue weighted by atomic mass is 32.2. The largest absolute Gasteiger partial charge is 0.366 e. The van der Waals surface area contributed by atoms with Crippen LogP contribution in [0.1, 0.15) is 38.8 Å². The standard InChI is InChI=1S/C22H31N3O2S/c1-8-25(6)15-23-20-13-16(2)19(14-21(20)28(7,26)27)24-18-11-9-17(10-12-18)22(3,4)5/h9-15,24H,8H2,1-7H3/b23-15-. The van der Waals surface area contributed by atoms with Gasteiger partial charge in [0.2, 0.25) is 0 Å². The van der Waals surface area contributed by atoms with Gasteiger partial charge in [-0.2, -0.15) is 0 Å². The van der Waals surface area contributed by atoms with Gasteiger partial charge in [-0.1, -0.05) is 32.9 Å². The van der Waals surface area contributed by atoms with E-state index >= 15 is 0 Å². The third-order valence-corrected chi connectivity index (χ3v) is 5.75. The van der Waals surface area contributed by atoms with Crippen LogP contribution in [0.3, 0.4) is 0 Å². The predicted molar refractivity (Wildman–Crippen MR) is 119 cm³/mol. The fourth-order valence-corrected chi connectivity index (χ4v) is 3.48. The third-order valence-electron chi connectivity index (χ3n) is 4.63. The van der Waals surface area contributed by atoms with Crippen molar-refractivity contribution < 1.29 is 8.42 Å². The summed E-state index contributed by atoms with van der Waals surface area (Å²) in [5, 5.41) is 3.34. The smallest absolute Gasteiger partial charge is 0.177 e. The first-order valence-electron chi connectivity index (χ1n) is 9.38. The Morgan fingerprint density at radius 3 is 2.25 bits per heavy atom. The Hall–Kier alpha value is -2.34. The number of aliphatic imine (C=N–C) groups is 1. The van der Waals surface area contributed by atoms with Gasteiger partial charge in [0.1, 0.15) is 0 Å². The minimum absolute atomic E-state index is 0.0865. The van der Waals surface area contributed by atoms with Crippen LogP contribution in [-0.4, -0.2) is 39.5 Å². The van der Waals surface area contributed by atoms with Gasteiger partial charge in [-0.25, -0.2) is 13.4 Å². The van der Waals surface area contributed by atoms with Gasteiger partial charge in [0.25, 0.3) is 0 Å². The van der Waals surface area contributed by atoms with Crippen molar-refractivity contribution in [1.29, 1.82) is 0 Å². The van der Waals surface area contributed by atoms with Crippen molar-refractivity contribution in [3.8, 4) is 0 Å². The quantitative estimate of drug-likeness (QED) is 0.543. The second-order valence-corrected chi connectivity index (χ2v) is 10.2. The molecule has 6 heteroatoms. The zero-order valence-corrected chi connectivity index (χ0v) is 18.7. The summed E-state index contributed by atoms with van der Waals surface area (Å²) in [5.41, 5.74) is 4.39. The van der Waals surface area contributed by atoms with E-state index in [2.05, 4.69) is 43.2 Å². The maximum absolute atomic E-state index is 12.3. The van der Waals surface area contributed by atoms with Crippen LogP contribution in [0.5, 0.6) is 0 Å². The van der Waals surface area contributed by atoms with Crippen molar-refractivity contribution in [2.24, 2.45) is 4.99 Å². The van der Waals surface area contributed by atoms with Crippen LogP contribution in [-0.2, 0) is 15.3 Å². The summed E-state index contributed by atoms with van der Waals surface area (Å²) < 4.78 is 24.6. The molecule has 0 bridgehead atoms. The maximum atomic E-state index is 12.3. The molecule has 0 unspecified atom stereocenters. The van der Waals surface area contributed by atoms with E-state index in [1.54, 1.807) is 12.4 Å². The number of anilines is 2. The Morgan fingerprint density at radius 1 is 1.14 bits per heavy atom. The highest BCUT2D eigenvalue weighted by Crippen LogP contribution is 2.33. The number of rotatable bonds is 6. The number of aryl methyl sites for hydroxylation is 1. The first-order chi connectivity index (χ1) is 12.9. The van der Waals surface area contributed by atoms with Crippen LogP contribution in [0.15, 0.2) is 46.3 Å². The molecule has 0 aliphatic heterocycles. The summed E-state index contributed by atoms with van der Waals surface area (Å²) in [4.78, 5) is 6.49. The number of hydrogen-bond acceptors (Lipinski definition) is 4. The van der Waals surface area contributed by atoms with Crippen molar-refractivity contribution in [3.63, 3.8) is 0 Å². The normalized spacial score (nSPS) is 12.4. The molecule has 28 heavy (non-hydrogen) atoms. The maximum Gasteiger partial charge on any atom is 0.177 e. The summed E-state index contributed by atoms with van der Waals surface area (Å²) in [5.74, 6) is 0. The number of nitrogens with one attached hydrogen (secondary N) is 1. The Bertz CT molecular complexity index is 957. The summed E-state index contributed by atoms with van der Waals surface area (Å²) in [6.07, 6.45) is 2.86. The molecule has 0 fully saturated rings. The Balaban J connectivity index is 2.42. The number of benzene rings is 2. The van der Waals surface area contributed by atoms with Crippen LogP contribution >= 0.6 is 0 Å². The molecule has 0 amide bonds. The van der Waals surface area contributed by atoms with E-state index in [9.17, 15) is 8.42 Å². The fraction of sp³-hybridized carbons (Fsp3) is 0.409. The average Bonchev–Trinajstić information content (AvgIpc) is 2.60. The molecule has 0 atom stereocenters. The topological polar surface area (TPSA) is 61.8 Å². The summed E-state index contributed by atoms with van der Waals surface area (Å²) in [6, 6.07) is 11.7. The van der Waals surface area contributed by atoms with Gasteiger partial charge in [-0.05, 0) is 54.7 Å². The lowest BCUT2D eigenvalue weighted by molar-refractivity contribution is 0.552. The van der Waals surface area contributed by atoms with Crippen LogP contribution in [0.2, 0.25) is 0 Å². The molecule has 0 aliphatic carbocycles. The van der Waals surface area contributed by atoms with E-state index < -0.39 is 9.84 Å². The number of hydrogen-bond donors (Lipinski definition) is 1. The molecule has 0 aromatic heterocycles. The van der Waals surface area contributed by atoms with Crippen LogP contribution in [0, 0.1) is 6.92 Å². The van der Waals surface area contributed by atoms with E-state index in [1.165, 1.54) is 11.8 Å². The van der Waals surface area contributed by atoms with Gasteiger partial charge in [0, 0.05) is 31.2 Å². The monoisotopic (exact) mass is 401 g/mol. The third kappa shape index (κ3) is 5.58.